The van der Waals surface area contributed by atoms with Crippen LogP contribution in [0.2, 0.25) is 0 Å². The fourth-order valence-corrected chi connectivity index (χ4v) is 4.58. The second kappa shape index (κ2) is 15.0. The molecule has 0 bridgehead atoms. The highest BCUT2D eigenvalue weighted by atomic mass is 16.5. The summed E-state index contributed by atoms with van der Waals surface area (Å²) < 4.78 is 16.9. The van der Waals surface area contributed by atoms with Crippen LogP contribution in [-0.4, -0.2) is 69.9 Å². The van der Waals surface area contributed by atoms with Crippen molar-refractivity contribution in [3.63, 3.8) is 0 Å². The Labute approximate surface area is 227 Å². The molecule has 0 aromatic heterocycles. The van der Waals surface area contributed by atoms with E-state index in [0.29, 0.717) is 0 Å². The SMILES string of the molecule is COc1cc(/C=C/c2ccccc2OCCCCN2CCN(CC=Cc3ccccc3)CC2)cc(OC)c1. The fraction of sp³-hybridized carbons (Fsp3) is 0.333. The van der Waals surface area contributed by atoms with Gasteiger partial charge in [-0.15, -0.1) is 0 Å². The van der Waals surface area contributed by atoms with Crippen molar-refractivity contribution in [3.05, 3.63) is 95.6 Å². The fourth-order valence-electron chi connectivity index (χ4n) is 4.58. The number of nitrogens with zero attached hydrogens (tertiary/aromatic N) is 2. The van der Waals surface area contributed by atoms with E-state index in [9.17, 15) is 0 Å². The highest BCUT2D eigenvalue weighted by molar-refractivity contribution is 5.73. The van der Waals surface area contributed by atoms with E-state index in [4.69, 9.17) is 14.2 Å². The summed E-state index contributed by atoms with van der Waals surface area (Å²) in [5.41, 5.74) is 3.35. The van der Waals surface area contributed by atoms with Crippen molar-refractivity contribution >= 4 is 18.2 Å². The van der Waals surface area contributed by atoms with Gasteiger partial charge in [-0.05, 0) is 48.7 Å². The van der Waals surface area contributed by atoms with Crippen molar-refractivity contribution in [1.29, 1.82) is 0 Å². The van der Waals surface area contributed by atoms with Crippen LogP contribution in [0.4, 0.5) is 0 Å². The van der Waals surface area contributed by atoms with Crippen molar-refractivity contribution in [3.8, 4) is 17.2 Å². The number of para-hydroxylation sites is 1. The molecule has 0 atom stereocenters. The second-order valence-electron chi connectivity index (χ2n) is 9.53. The topological polar surface area (TPSA) is 34.2 Å². The molecule has 0 radical (unpaired) electrons. The van der Waals surface area contributed by atoms with Gasteiger partial charge >= 0.3 is 0 Å². The van der Waals surface area contributed by atoms with E-state index in [1.54, 1.807) is 14.2 Å². The molecule has 0 N–H and O–H groups in total. The molecular weight excluding hydrogens is 472 g/mol. The lowest BCUT2D eigenvalue weighted by molar-refractivity contribution is 0.139. The molecule has 0 saturated carbocycles. The maximum absolute atomic E-state index is 6.17. The van der Waals surface area contributed by atoms with Crippen LogP contribution in [0.1, 0.15) is 29.5 Å². The van der Waals surface area contributed by atoms with E-state index >= 15 is 0 Å². The number of piperazine rings is 1. The second-order valence-corrected chi connectivity index (χ2v) is 9.53. The molecule has 0 spiro atoms. The molecule has 1 heterocycles. The van der Waals surface area contributed by atoms with E-state index in [1.165, 1.54) is 5.56 Å². The van der Waals surface area contributed by atoms with E-state index in [0.717, 1.165) is 87.1 Å². The van der Waals surface area contributed by atoms with Crippen molar-refractivity contribution < 1.29 is 14.2 Å². The van der Waals surface area contributed by atoms with E-state index in [-0.39, 0.29) is 0 Å². The smallest absolute Gasteiger partial charge is 0.126 e. The van der Waals surface area contributed by atoms with Crippen LogP contribution in [0.25, 0.3) is 18.2 Å². The molecule has 38 heavy (non-hydrogen) atoms. The highest BCUT2D eigenvalue weighted by Gasteiger charge is 2.15. The molecule has 3 aromatic rings. The van der Waals surface area contributed by atoms with Gasteiger partial charge in [0.25, 0.3) is 0 Å². The zero-order valence-corrected chi connectivity index (χ0v) is 22.7. The average molecular weight is 513 g/mol. The highest BCUT2D eigenvalue weighted by Crippen LogP contribution is 2.26. The van der Waals surface area contributed by atoms with Gasteiger partial charge in [0.2, 0.25) is 0 Å². The number of methoxy groups -OCH3 is 2. The Hall–Kier alpha value is -3.54. The maximum atomic E-state index is 6.17. The zero-order chi connectivity index (χ0) is 26.4. The Morgan fingerprint density at radius 3 is 2.11 bits per heavy atom. The number of ether oxygens (including phenoxy) is 3. The molecule has 0 amide bonds. The Kier molecular flexibility index (Phi) is 10.9. The normalized spacial score (nSPS) is 14.8. The molecule has 0 unspecified atom stereocenters. The standard InChI is InChI=1S/C33H40N2O3/c1-36-31-25-29(26-32(27-31)37-2)16-17-30-14-6-7-15-33(30)38-24-9-8-18-34-20-22-35(23-21-34)19-10-13-28-11-4-3-5-12-28/h3-7,10-17,25-27H,8-9,18-24H2,1-2H3/b13-10?,17-16+. The largest absolute Gasteiger partial charge is 0.497 e. The predicted molar refractivity (Wildman–Crippen MR) is 158 cm³/mol. The Bertz CT molecular complexity index is 1150. The first-order chi connectivity index (χ1) is 18.7. The Morgan fingerprint density at radius 1 is 0.684 bits per heavy atom. The minimum atomic E-state index is 0.724. The first kappa shape index (κ1) is 27.5. The third kappa shape index (κ3) is 8.79. The van der Waals surface area contributed by atoms with E-state index in [2.05, 4.69) is 70.5 Å². The molecular formula is C33H40N2O3. The molecule has 5 heteroatoms. The van der Waals surface area contributed by atoms with Gasteiger partial charge < -0.3 is 19.1 Å². The van der Waals surface area contributed by atoms with Gasteiger partial charge in [-0.3, -0.25) is 4.90 Å². The summed E-state index contributed by atoms with van der Waals surface area (Å²) in [6.45, 7) is 7.43. The average Bonchev–Trinajstić information content (AvgIpc) is 2.97. The maximum Gasteiger partial charge on any atom is 0.126 e. The first-order valence-electron chi connectivity index (χ1n) is 13.5. The van der Waals surface area contributed by atoms with Gasteiger partial charge in [0.1, 0.15) is 17.2 Å². The van der Waals surface area contributed by atoms with E-state index in [1.807, 2.05) is 36.4 Å². The van der Waals surface area contributed by atoms with Gasteiger partial charge in [-0.25, -0.2) is 0 Å². The summed E-state index contributed by atoms with van der Waals surface area (Å²) in [5, 5.41) is 0. The molecule has 3 aromatic carbocycles. The van der Waals surface area contributed by atoms with Crippen LogP contribution >= 0.6 is 0 Å². The van der Waals surface area contributed by atoms with Crippen LogP contribution in [-0.2, 0) is 0 Å². The third-order valence-electron chi connectivity index (χ3n) is 6.81. The van der Waals surface area contributed by atoms with Gasteiger partial charge in [-0.2, -0.15) is 0 Å². The van der Waals surface area contributed by atoms with Crippen molar-refractivity contribution in [2.24, 2.45) is 0 Å². The van der Waals surface area contributed by atoms with E-state index < -0.39 is 0 Å². The summed E-state index contributed by atoms with van der Waals surface area (Å²) in [6.07, 6.45) is 10.8. The summed E-state index contributed by atoms with van der Waals surface area (Å²) in [4.78, 5) is 5.11. The number of unbranched alkanes of at least 4 members (excludes halogenated alkanes) is 1. The Morgan fingerprint density at radius 2 is 1.37 bits per heavy atom. The molecule has 0 aliphatic carbocycles. The van der Waals surface area contributed by atoms with Gasteiger partial charge in [0, 0.05) is 44.4 Å². The van der Waals surface area contributed by atoms with Gasteiger partial charge in [-0.1, -0.05) is 72.8 Å². The predicted octanol–water partition coefficient (Wildman–Crippen LogP) is 6.36. The molecule has 1 aliphatic rings. The molecule has 1 saturated heterocycles. The Balaban J connectivity index is 1.16. The van der Waals surface area contributed by atoms with Crippen LogP contribution < -0.4 is 14.2 Å². The summed E-state index contributed by atoms with van der Waals surface area (Å²) in [7, 11) is 3.33. The van der Waals surface area contributed by atoms with Crippen molar-refractivity contribution in [1.82, 2.24) is 9.80 Å². The van der Waals surface area contributed by atoms with Crippen molar-refractivity contribution in [2.75, 3.05) is 60.1 Å². The third-order valence-corrected chi connectivity index (χ3v) is 6.81. The number of benzene rings is 3. The van der Waals surface area contributed by atoms with Crippen LogP contribution in [0.15, 0.2) is 78.9 Å². The lowest BCUT2D eigenvalue weighted by Gasteiger charge is -2.34. The summed E-state index contributed by atoms with van der Waals surface area (Å²) in [6, 6.07) is 24.6. The van der Waals surface area contributed by atoms with Crippen LogP contribution in [0.3, 0.4) is 0 Å². The number of hydrogen-bond donors (Lipinski definition) is 0. The van der Waals surface area contributed by atoms with Gasteiger partial charge in [0.15, 0.2) is 0 Å². The molecule has 5 nitrogen and oxygen atoms in total. The summed E-state index contributed by atoms with van der Waals surface area (Å²) in [5.74, 6) is 2.46. The number of rotatable bonds is 13. The molecule has 200 valence electrons. The quantitative estimate of drug-likeness (QED) is 0.197. The molecule has 1 fully saturated rings. The molecule has 1 aliphatic heterocycles. The lowest BCUT2D eigenvalue weighted by atomic mass is 10.1. The summed E-state index contributed by atoms with van der Waals surface area (Å²) >= 11 is 0. The van der Waals surface area contributed by atoms with Crippen molar-refractivity contribution in [2.45, 2.75) is 12.8 Å². The van der Waals surface area contributed by atoms with Gasteiger partial charge in [0.05, 0.1) is 20.8 Å². The minimum absolute atomic E-state index is 0.724. The lowest BCUT2D eigenvalue weighted by Crippen LogP contribution is -2.46. The first-order valence-corrected chi connectivity index (χ1v) is 13.5. The minimum Gasteiger partial charge on any atom is -0.497 e. The van der Waals surface area contributed by atoms with Crippen LogP contribution in [0.5, 0.6) is 17.2 Å². The monoisotopic (exact) mass is 512 g/mol. The van der Waals surface area contributed by atoms with Crippen LogP contribution in [0, 0.1) is 0 Å². The zero-order valence-electron chi connectivity index (χ0n) is 22.7. The number of hydrogen-bond acceptors (Lipinski definition) is 5. The molecule has 4 rings (SSSR count).